The van der Waals surface area contributed by atoms with Gasteiger partial charge < -0.3 is 9.72 Å². The molecule has 0 aliphatic carbocycles. The van der Waals surface area contributed by atoms with Crippen LogP contribution in [0.4, 0.5) is 0 Å². The molecule has 1 atom stereocenters. The molecule has 108 valence electrons. The average Bonchev–Trinajstić information content (AvgIpc) is 3.09. The molecule has 0 amide bonds. The molecule has 7 heteroatoms. The number of fused-ring (bicyclic) bond motifs is 2. The summed E-state index contributed by atoms with van der Waals surface area (Å²) in [5.74, 6) is 1.08. The average molecular weight is 303 g/mol. The quantitative estimate of drug-likeness (QED) is 0.800. The van der Waals surface area contributed by atoms with Gasteiger partial charge in [-0.2, -0.15) is 5.10 Å². The van der Waals surface area contributed by atoms with Crippen molar-refractivity contribution in [1.82, 2.24) is 29.5 Å². The van der Waals surface area contributed by atoms with E-state index in [0.29, 0.717) is 11.1 Å². The van der Waals surface area contributed by atoms with Crippen LogP contribution in [0.5, 0.6) is 0 Å². The molecular weight excluding hydrogens is 288 g/mol. The van der Waals surface area contributed by atoms with Crippen LogP contribution in [0.15, 0.2) is 30.9 Å². The van der Waals surface area contributed by atoms with E-state index in [1.54, 1.807) is 6.33 Å². The third-order valence-corrected chi connectivity index (χ3v) is 4.07. The van der Waals surface area contributed by atoms with Crippen LogP contribution in [0.3, 0.4) is 0 Å². The summed E-state index contributed by atoms with van der Waals surface area (Å²) in [6.07, 6.45) is 7.56. The molecule has 0 fully saturated rings. The van der Waals surface area contributed by atoms with E-state index in [1.165, 1.54) is 0 Å². The number of pyridine rings is 1. The molecule has 6 nitrogen and oxygen atoms in total. The number of nitrogens with zero attached hydrogens (tertiary/aromatic N) is 5. The molecule has 4 rings (SSSR count). The Morgan fingerprint density at radius 3 is 3.24 bits per heavy atom. The lowest BCUT2D eigenvalue weighted by Crippen LogP contribution is -2.37. The van der Waals surface area contributed by atoms with Gasteiger partial charge in [-0.25, -0.2) is 14.6 Å². The Kier molecular flexibility index (Phi) is 3.12. The van der Waals surface area contributed by atoms with Crippen LogP contribution in [0.25, 0.3) is 5.65 Å². The maximum absolute atomic E-state index is 5.98. The number of halogens is 1. The minimum atomic E-state index is 0.410. The maximum atomic E-state index is 5.98. The molecular formula is C14H15ClN6. The molecule has 0 saturated heterocycles. The van der Waals surface area contributed by atoms with Gasteiger partial charge in [-0.3, -0.25) is 0 Å². The Bertz CT molecular complexity index is 777. The van der Waals surface area contributed by atoms with Gasteiger partial charge in [-0.15, -0.1) is 0 Å². The summed E-state index contributed by atoms with van der Waals surface area (Å²) in [6.45, 7) is 1.61. The van der Waals surface area contributed by atoms with Crippen molar-refractivity contribution in [3.8, 4) is 0 Å². The lowest BCUT2D eigenvalue weighted by atomic mass is 10.1. The minimum absolute atomic E-state index is 0.410. The minimum Gasteiger partial charge on any atom is -0.306 e. The molecule has 0 saturated carbocycles. The lowest BCUT2D eigenvalue weighted by molar-refractivity contribution is 0.357. The molecule has 4 heterocycles. The van der Waals surface area contributed by atoms with Crippen molar-refractivity contribution >= 4 is 17.2 Å². The van der Waals surface area contributed by atoms with Crippen LogP contribution < -0.4 is 5.32 Å². The highest BCUT2D eigenvalue weighted by Gasteiger charge is 2.19. The molecule has 1 aliphatic rings. The summed E-state index contributed by atoms with van der Waals surface area (Å²) in [4.78, 5) is 8.82. The Balaban J connectivity index is 1.44. The molecule has 0 spiro atoms. The van der Waals surface area contributed by atoms with Crippen LogP contribution in [-0.4, -0.2) is 30.2 Å². The van der Waals surface area contributed by atoms with E-state index < -0.39 is 0 Å². The van der Waals surface area contributed by atoms with Crippen molar-refractivity contribution in [2.45, 2.75) is 32.0 Å². The number of hydrogen-bond acceptors (Lipinski definition) is 4. The molecule has 0 unspecified atom stereocenters. The number of rotatable bonds is 3. The Morgan fingerprint density at radius 1 is 1.33 bits per heavy atom. The number of nitrogens with one attached hydrogen (secondary N) is 1. The van der Waals surface area contributed by atoms with E-state index >= 15 is 0 Å². The molecule has 3 aromatic rings. The number of aryl methyl sites for hydroxylation is 1. The first-order valence-corrected chi connectivity index (χ1v) is 7.39. The summed E-state index contributed by atoms with van der Waals surface area (Å²) in [7, 11) is 0. The van der Waals surface area contributed by atoms with Crippen molar-refractivity contribution in [2.75, 3.05) is 0 Å². The fraction of sp³-hybridized carbons (Fsp3) is 0.357. The monoisotopic (exact) mass is 302 g/mol. The summed E-state index contributed by atoms with van der Waals surface area (Å²) < 4.78 is 3.93. The fourth-order valence-corrected chi connectivity index (χ4v) is 2.92. The van der Waals surface area contributed by atoms with Gasteiger partial charge in [-0.05, 0) is 18.6 Å². The van der Waals surface area contributed by atoms with Gasteiger partial charge >= 0.3 is 0 Å². The Labute approximate surface area is 126 Å². The second kappa shape index (κ2) is 5.13. The Hall–Kier alpha value is -1.92. The summed E-state index contributed by atoms with van der Waals surface area (Å²) >= 11 is 5.98. The van der Waals surface area contributed by atoms with E-state index in [2.05, 4.69) is 20.4 Å². The van der Waals surface area contributed by atoms with Gasteiger partial charge in [0.2, 0.25) is 0 Å². The van der Waals surface area contributed by atoms with E-state index in [4.69, 9.17) is 11.6 Å². The number of imidazole rings is 1. The van der Waals surface area contributed by atoms with Crippen LogP contribution in [0.2, 0.25) is 5.02 Å². The first kappa shape index (κ1) is 12.8. The second-order valence-electron chi connectivity index (χ2n) is 5.32. The van der Waals surface area contributed by atoms with Gasteiger partial charge in [0.05, 0.1) is 17.3 Å². The zero-order valence-corrected chi connectivity index (χ0v) is 12.2. The van der Waals surface area contributed by atoms with Crippen molar-refractivity contribution in [1.29, 1.82) is 0 Å². The van der Waals surface area contributed by atoms with E-state index in [1.807, 2.05) is 33.6 Å². The SMILES string of the molecule is Clc1ccc2nc(CN[C@H]3CCc4ncnn4C3)cn2c1. The standard InChI is InChI=1S/C14H15ClN6/c15-10-1-3-14-19-12(7-20(14)6-10)5-16-11-2-4-13-17-9-18-21(13)8-11/h1,3,6-7,9,11,16H,2,4-5,8H2/t11-/m0/s1. The molecule has 0 aromatic carbocycles. The summed E-state index contributed by atoms with van der Waals surface area (Å²) in [5.41, 5.74) is 1.93. The number of hydrogen-bond donors (Lipinski definition) is 1. The molecule has 1 N–H and O–H groups in total. The molecule has 0 radical (unpaired) electrons. The lowest BCUT2D eigenvalue weighted by Gasteiger charge is -2.23. The predicted octanol–water partition coefficient (Wildman–Crippen LogP) is 1.68. The molecule has 3 aromatic heterocycles. The third kappa shape index (κ3) is 2.52. The second-order valence-corrected chi connectivity index (χ2v) is 5.76. The summed E-state index contributed by atoms with van der Waals surface area (Å²) in [6, 6.07) is 4.19. The van der Waals surface area contributed by atoms with E-state index in [9.17, 15) is 0 Å². The smallest absolute Gasteiger partial charge is 0.138 e. The van der Waals surface area contributed by atoms with Crippen molar-refractivity contribution in [3.05, 3.63) is 47.4 Å². The largest absolute Gasteiger partial charge is 0.306 e. The van der Waals surface area contributed by atoms with Crippen LogP contribution >= 0.6 is 11.6 Å². The van der Waals surface area contributed by atoms with Gasteiger partial charge in [0.15, 0.2) is 0 Å². The number of aromatic nitrogens is 5. The van der Waals surface area contributed by atoms with Gasteiger partial charge in [0.1, 0.15) is 17.8 Å². The van der Waals surface area contributed by atoms with E-state index in [-0.39, 0.29) is 0 Å². The first-order valence-electron chi connectivity index (χ1n) is 7.01. The highest BCUT2D eigenvalue weighted by molar-refractivity contribution is 6.30. The fourth-order valence-electron chi connectivity index (χ4n) is 2.76. The van der Waals surface area contributed by atoms with Crippen LogP contribution in [0, 0.1) is 0 Å². The van der Waals surface area contributed by atoms with Crippen LogP contribution in [0.1, 0.15) is 17.9 Å². The predicted molar refractivity (Wildman–Crippen MR) is 79.2 cm³/mol. The van der Waals surface area contributed by atoms with Gasteiger partial charge in [0.25, 0.3) is 0 Å². The molecule has 1 aliphatic heterocycles. The zero-order valence-electron chi connectivity index (χ0n) is 11.4. The van der Waals surface area contributed by atoms with Crippen LogP contribution in [-0.2, 0) is 19.5 Å². The highest BCUT2D eigenvalue weighted by Crippen LogP contribution is 2.14. The van der Waals surface area contributed by atoms with Crippen molar-refractivity contribution in [2.24, 2.45) is 0 Å². The first-order chi connectivity index (χ1) is 10.3. The van der Waals surface area contributed by atoms with Crippen molar-refractivity contribution < 1.29 is 0 Å². The van der Waals surface area contributed by atoms with Gasteiger partial charge in [0, 0.05) is 31.4 Å². The van der Waals surface area contributed by atoms with Crippen molar-refractivity contribution in [3.63, 3.8) is 0 Å². The maximum Gasteiger partial charge on any atom is 0.138 e. The molecule has 0 bridgehead atoms. The zero-order chi connectivity index (χ0) is 14.2. The topological polar surface area (TPSA) is 60.0 Å². The highest BCUT2D eigenvalue weighted by atomic mass is 35.5. The molecule has 21 heavy (non-hydrogen) atoms. The van der Waals surface area contributed by atoms with E-state index in [0.717, 1.165) is 43.1 Å². The summed E-state index contributed by atoms with van der Waals surface area (Å²) in [5, 5.41) is 8.50. The third-order valence-electron chi connectivity index (χ3n) is 3.84. The normalized spacial score (nSPS) is 18.0. The Morgan fingerprint density at radius 2 is 2.29 bits per heavy atom. The van der Waals surface area contributed by atoms with Gasteiger partial charge in [-0.1, -0.05) is 11.6 Å².